The van der Waals surface area contributed by atoms with Crippen molar-refractivity contribution >= 4 is 21.2 Å². The van der Waals surface area contributed by atoms with Gasteiger partial charge in [0.2, 0.25) is 0 Å². The van der Waals surface area contributed by atoms with Crippen molar-refractivity contribution in [2.75, 3.05) is 19.8 Å². The Hall–Kier alpha value is -0.660. The highest BCUT2D eigenvalue weighted by atomic mass is 31.2. The number of hydrogen-bond acceptors (Lipinski definition) is 11. The Labute approximate surface area is 138 Å². The molecule has 140 valence electrons. The second-order valence-corrected chi connectivity index (χ2v) is 7.83. The van der Waals surface area contributed by atoms with Crippen LogP contribution >= 0.6 is 15.4 Å². The molecule has 0 saturated carbocycles. The first-order valence-corrected chi connectivity index (χ1v) is 9.91. The number of aliphatic hydroxyl groups is 2. The third kappa shape index (κ3) is 7.94. The second kappa shape index (κ2) is 10.4. The third-order valence-electron chi connectivity index (χ3n) is 2.67. The van der Waals surface area contributed by atoms with E-state index in [2.05, 4.69) is 4.52 Å². The maximum absolute atomic E-state index is 12.4. The summed E-state index contributed by atoms with van der Waals surface area (Å²) >= 11 is 0. The first-order valence-electron chi connectivity index (χ1n) is 6.84. The Morgan fingerprint density at radius 1 is 1.17 bits per heavy atom. The molecular weight excluding hydrogens is 368 g/mol. The molecule has 0 amide bonds. The van der Waals surface area contributed by atoms with E-state index in [4.69, 9.17) is 14.3 Å². The molecule has 0 aromatic rings. The highest BCUT2D eigenvalue weighted by molar-refractivity contribution is 7.55. The van der Waals surface area contributed by atoms with Gasteiger partial charge in [-0.3, -0.25) is 9.36 Å². The molecule has 11 nitrogen and oxygen atoms in total. The maximum atomic E-state index is 12.4. The molecule has 24 heavy (non-hydrogen) atoms. The molecule has 0 rings (SSSR count). The summed E-state index contributed by atoms with van der Waals surface area (Å²) in [4.78, 5) is 32.0. The summed E-state index contributed by atoms with van der Waals surface area (Å²) in [5, 5.41) is 28.5. The van der Waals surface area contributed by atoms with Crippen molar-refractivity contribution < 1.29 is 47.5 Å². The van der Waals surface area contributed by atoms with Crippen LogP contribution in [0.3, 0.4) is 0 Å². The molecule has 2 N–H and O–H groups in total. The van der Waals surface area contributed by atoms with Crippen molar-refractivity contribution in [1.29, 1.82) is 5.26 Å². The molecule has 3 atom stereocenters. The van der Waals surface area contributed by atoms with Crippen LogP contribution in [-0.4, -0.2) is 53.7 Å². The molecule has 0 heterocycles. The number of phosphoric acid groups is 1. The summed E-state index contributed by atoms with van der Waals surface area (Å²) in [7, 11) is -9.33. The maximum Gasteiger partial charge on any atom is 0.347 e. The molecular formula is C11H19NO10P2-2. The molecule has 0 aliphatic heterocycles. The normalized spacial score (nSPS) is 16.2. The highest BCUT2D eigenvalue weighted by Crippen LogP contribution is 2.54. The third-order valence-corrected chi connectivity index (χ3v) is 5.44. The number of Topliss-reactive ketones (excluding diaryl/α,β-unsaturated/α-hetero) is 1. The molecule has 3 unspecified atom stereocenters. The van der Waals surface area contributed by atoms with E-state index in [0.717, 1.165) is 0 Å². The topological polar surface area (TPSA) is 189 Å². The van der Waals surface area contributed by atoms with Gasteiger partial charge in [-0.25, -0.2) is 0 Å². The number of nitriles is 1. The Morgan fingerprint density at radius 2 is 1.67 bits per heavy atom. The van der Waals surface area contributed by atoms with Crippen LogP contribution in [0.15, 0.2) is 0 Å². The lowest BCUT2D eigenvalue weighted by atomic mass is 10.1. The largest absolute Gasteiger partial charge is 0.790 e. The molecule has 0 aliphatic carbocycles. The first kappa shape index (κ1) is 23.3. The van der Waals surface area contributed by atoms with E-state index >= 15 is 0 Å². The fourth-order valence-electron chi connectivity index (χ4n) is 1.63. The fraction of sp³-hybridized carbons (Fsp3) is 0.818. The van der Waals surface area contributed by atoms with Crippen LogP contribution < -0.4 is 9.79 Å². The SMILES string of the molecule is CCOP(=O)(OCC)C(C#N)CC(O)C(O)C(=O)COP(=O)([O-])[O-]. The second-order valence-electron chi connectivity index (χ2n) is 4.46. The lowest BCUT2D eigenvalue weighted by molar-refractivity contribution is -0.341. The molecule has 0 bridgehead atoms. The summed E-state index contributed by atoms with van der Waals surface area (Å²) in [6, 6.07) is 1.62. The molecule has 13 heteroatoms. The number of ketones is 1. The van der Waals surface area contributed by atoms with E-state index in [1.807, 2.05) is 0 Å². The van der Waals surface area contributed by atoms with Crippen molar-refractivity contribution in [3.05, 3.63) is 0 Å². The van der Waals surface area contributed by atoms with Gasteiger partial charge in [-0.2, -0.15) is 5.26 Å². The predicted molar refractivity (Wildman–Crippen MR) is 75.5 cm³/mol. The van der Waals surface area contributed by atoms with Crippen LogP contribution in [0.2, 0.25) is 0 Å². The minimum Gasteiger partial charge on any atom is -0.790 e. The van der Waals surface area contributed by atoms with E-state index in [1.54, 1.807) is 6.07 Å². The number of aliphatic hydroxyl groups excluding tert-OH is 2. The minimum atomic E-state index is -5.42. The van der Waals surface area contributed by atoms with Crippen LogP contribution in [0.25, 0.3) is 0 Å². The van der Waals surface area contributed by atoms with Crippen LogP contribution in [-0.2, 0) is 27.5 Å². The van der Waals surface area contributed by atoms with E-state index < -0.39 is 52.1 Å². The van der Waals surface area contributed by atoms with Gasteiger partial charge in [-0.15, -0.1) is 0 Å². The van der Waals surface area contributed by atoms with Crippen molar-refractivity contribution in [1.82, 2.24) is 0 Å². The number of phosphoric ester groups is 1. The van der Waals surface area contributed by atoms with Crippen LogP contribution in [0, 0.1) is 11.3 Å². The summed E-state index contributed by atoms with van der Waals surface area (Å²) in [6.07, 6.45) is -4.67. The van der Waals surface area contributed by atoms with Gasteiger partial charge in [0.1, 0.15) is 12.7 Å². The lowest BCUT2D eigenvalue weighted by Gasteiger charge is -2.29. The van der Waals surface area contributed by atoms with Crippen LogP contribution in [0.5, 0.6) is 0 Å². The number of rotatable bonds is 12. The zero-order chi connectivity index (χ0) is 19.0. The number of nitrogens with zero attached hydrogens (tertiary/aromatic N) is 1. The molecule has 0 aromatic carbocycles. The average Bonchev–Trinajstić information content (AvgIpc) is 2.48. The summed E-state index contributed by atoms with van der Waals surface area (Å²) in [5.41, 5.74) is -1.47. The fourth-order valence-corrected chi connectivity index (χ4v) is 3.69. The molecule has 0 spiro atoms. The first-order chi connectivity index (χ1) is 11.0. The van der Waals surface area contributed by atoms with Crippen LogP contribution in [0.1, 0.15) is 20.3 Å². The van der Waals surface area contributed by atoms with Gasteiger partial charge in [0.15, 0.2) is 11.4 Å². The molecule has 0 aromatic heterocycles. The zero-order valence-electron chi connectivity index (χ0n) is 13.1. The van der Waals surface area contributed by atoms with Crippen molar-refractivity contribution in [3.8, 4) is 6.07 Å². The van der Waals surface area contributed by atoms with Gasteiger partial charge in [0.05, 0.1) is 33.2 Å². The van der Waals surface area contributed by atoms with Gasteiger partial charge in [0, 0.05) is 6.42 Å². The standard InChI is InChI=1S/C11H21NO10P2/c1-3-20-23(16,21-4-2)8(6-12)5-9(13)11(15)10(14)7-22-24(17,18)19/h8-9,11,13,15H,3-5,7H2,1-2H3,(H2,17,18,19)/p-2. The number of carbonyl (C=O) groups excluding carboxylic acids is 1. The van der Waals surface area contributed by atoms with Gasteiger partial charge in [-0.05, 0) is 13.8 Å². The number of hydrogen-bond donors (Lipinski definition) is 2. The zero-order valence-corrected chi connectivity index (χ0v) is 14.9. The van der Waals surface area contributed by atoms with E-state index in [1.165, 1.54) is 13.8 Å². The Bertz CT molecular complexity index is 531. The summed E-state index contributed by atoms with van der Waals surface area (Å²) < 4.78 is 36.3. The Morgan fingerprint density at radius 3 is 2.04 bits per heavy atom. The monoisotopic (exact) mass is 387 g/mol. The molecule has 0 radical (unpaired) electrons. The van der Waals surface area contributed by atoms with Gasteiger partial charge >= 0.3 is 7.60 Å². The predicted octanol–water partition coefficient (Wildman–Crippen LogP) is -1.33. The molecule has 0 saturated heterocycles. The van der Waals surface area contributed by atoms with E-state index in [0.29, 0.717) is 0 Å². The quantitative estimate of drug-likeness (QED) is 0.377. The average molecular weight is 387 g/mol. The van der Waals surface area contributed by atoms with Gasteiger partial charge in [0.25, 0.3) is 0 Å². The van der Waals surface area contributed by atoms with Gasteiger partial charge < -0.3 is 38.1 Å². The smallest absolute Gasteiger partial charge is 0.347 e. The molecule has 0 aliphatic rings. The van der Waals surface area contributed by atoms with E-state index in [-0.39, 0.29) is 13.2 Å². The number of carbonyl (C=O) groups is 1. The van der Waals surface area contributed by atoms with E-state index in [9.17, 15) is 33.9 Å². The Kier molecular flexibility index (Phi) is 10.1. The molecule has 0 fully saturated rings. The summed E-state index contributed by atoms with van der Waals surface area (Å²) in [6.45, 7) is 1.67. The van der Waals surface area contributed by atoms with Crippen LogP contribution in [0.4, 0.5) is 0 Å². The van der Waals surface area contributed by atoms with Crippen molar-refractivity contribution in [2.45, 2.75) is 38.1 Å². The minimum absolute atomic E-state index is 0.0385. The van der Waals surface area contributed by atoms with Gasteiger partial charge in [-0.1, -0.05) is 0 Å². The lowest BCUT2D eigenvalue weighted by Crippen LogP contribution is -2.38. The van der Waals surface area contributed by atoms with Crippen molar-refractivity contribution in [3.63, 3.8) is 0 Å². The summed E-state index contributed by atoms with van der Waals surface area (Å²) in [5.74, 6) is -1.30. The highest BCUT2D eigenvalue weighted by Gasteiger charge is 2.39. The van der Waals surface area contributed by atoms with Crippen molar-refractivity contribution in [2.24, 2.45) is 0 Å². The Balaban J connectivity index is 4.94.